The van der Waals surface area contributed by atoms with Gasteiger partial charge in [-0.2, -0.15) is 0 Å². The van der Waals surface area contributed by atoms with Crippen LogP contribution in [0, 0.1) is 5.92 Å². The van der Waals surface area contributed by atoms with Crippen LogP contribution in [-0.2, 0) is 11.2 Å². The summed E-state index contributed by atoms with van der Waals surface area (Å²) >= 11 is 0. The molecule has 1 aromatic heterocycles. The van der Waals surface area contributed by atoms with Gasteiger partial charge in [-0.3, -0.25) is 9.59 Å². The predicted octanol–water partition coefficient (Wildman–Crippen LogP) is 4.53. The summed E-state index contributed by atoms with van der Waals surface area (Å²) in [5.74, 6) is 0.586. The molecule has 1 aliphatic heterocycles. The highest BCUT2D eigenvalue weighted by Gasteiger charge is 2.26. The number of amides is 2. The first-order valence-electron chi connectivity index (χ1n) is 10.6. The van der Waals surface area contributed by atoms with Gasteiger partial charge in [0.25, 0.3) is 11.8 Å². The fourth-order valence-corrected chi connectivity index (χ4v) is 3.91. The van der Waals surface area contributed by atoms with Gasteiger partial charge in [0.1, 0.15) is 11.5 Å². The zero-order valence-corrected chi connectivity index (χ0v) is 17.4. The van der Waals surface area contributed by atoms with Gasteiger partial charge >= 0.3 is 0 Å². The number of rotatable bonds is 6. The molecule has 5 nitrogen and oxygen atoms in total. The number of hydrogen-bond donors (Lipinski definition) is 1. The Hall–Kier alpha value is -3.60. The molecule has 2 amide bonds. The Morgan fingerprint density at radius 2 is 1.61 bits per heavy atom. The summed E-state index contributed by atoms with van der Waals surface area (Å²) in [7, 11) is 0. The average Bonchev–Trinajstić information content (AvgIpc) is 3.33. The molecule has 0 bridgehead atoms. The van der Waals surface area contributed by atoms with Gasteiger partial charge in [0.05, 0.1) is 6.26 Å². The molecule has 0 saturated carbocycles. The summed E-state index contributed by atoms with van der Waals surface area (Å²) in [6.45, 7) is 1.35. The van der Waals surface area contributed by atoms with E-state index in [1.807, 2.05) is 17.0 Å². The lowest BCUT2D eigenvalue weighted by atomic mass is 9.90. The van der Waals surface area contributed by atoms with Crippen molar-refractivity contribution in [1.29, 1.82) is 0 Å². The van der Waals surface area contributed by atoms with E-state index in [-0.39, 0.29) is 17.5 Å². The second-order valence-electron chi connectivity index (χ2n) is 7.82. The number of benzene rings is 2. The van der Waals surface area contributed by atoms with E-state index in [0.717, 1.165) is 19.3 Å². The van der Waals surface area contributed by atoms with Gasteiger partial charge in [-0.1, -0.05) is 48.5 Å². The van der Waals surface area contributed by atoms with E-state index in [0.29, 0.717) is 30.3 Å². The van der Waals surface area contributed by atoms with Crippen molar-refractivity contribution in [3.05, 3.63) is 102 Å². The Bertz CT molecular complexity index is 1020. The lowest BCUT2D eigenvalue weighted by molar-refractivity contribution is -0.128. The molecule has 0 unspecified atom stereocenters. The summed E-state index contributed by atoms with van der Waals surface area (Å²) in [6, 6.07) is 22.9. The van der Waals surface area contributed by atoms with Crippen LogP contribution >= 0.6 is 0 Å². The second kappa shape index (κ2) is 9.94. The Kier molecular flexibility index (Phi) is 6.62. The molecule has 2 heterocycles. The lowest BCUT2D eigenvalue weighted by Gasteiger charge is -2.32. The third kappa shape index (κ3) is 5.51. The first-order valence-corrected chi connectivity index (χ1v) is 10.6. The van der Waals surface area contributed by atoms with Crippen LogP contribution in [0.2, 0.25) is 0 Å². The minimum atomic E-state index is -0.314. The van der Waals surface area contributed by atoms with Gasteiger partial charge in [0.2, 0.25) is 0 Å². The van der Waals surface area contributed by atoms with Crippen LogP contribution < -0.4 is 5.32 Å². The van der Waals surface area contributed by atoms with E-state index in [4.69, 9.17) is 4.42 Å². The van der Waals surface area contributed by atoms with E-state index in [1.54, 1.807) is 48.7 Å². The van der Waals surface area contributed by atoms with Crippen LogP contribution in [0.5, 0.6) is 0 Å². The van der Waals surface area contributed by atoms with E-state index < -0.39 is 0 Å². The molecular formula is C26H26N2O3. The summed E-state index contributed by atoms with van der Waals surface area (Å²) in [5, 5.41) is 2.79. The van der Waals surface area contributed by atoms with Crippen molar-refractivity contribution in [2.45, 2.75) is 19.3 Å². The molecule has 0 radical (unpaired) electrons. The van der Waals surface area contributed by atoms with E-state index in [1.165, 1.54) is 5.56 Å². The van der Waals surface area contributed by atoms with Gasteiger partial charge in [-0.25, -0.2) is 0 Å². The smallest absolute Gasteiger partial charge is 0.270 e. The second-order valence-corrected chi connectivity index (χ2v) is 7.82. The minimum Gasteiger partial charge on any atom is -0.465 e. The molecule has 0 atom stereocenters. The zero-order valence-electron chi connectivity index (χ0n) is 17.4. The normalized spacial score (nSPS) is 15.0. The fraction of sp³-hybridized carbons (Fsp3) is 0.231. The van der Waals surface area contributed by atoms with Crippen molar-refractivity contribution in [2.75, 3.05) is 13.1 Å². The fourth-order valence-electron chi connectivity index (χ4n) is 3.91. The van der Waals surface area contributed by atoms with Gasteiger partial charge in [0.15, 0.2) is 0 Å². The van der Waals surface area contributed by atoms with Crippen molar-refractivity contribution < 1.29 is 14.0 Å². The van der Waals surface area contributed by atoms with Crippen LogP contribution in [0.25, 0.3) is 6.08 Å². The number of furan rings is 1. The van der Waals surface area contributed by atoms with Gasteiger partial charge in [-0.05, 0) is 55.0 Å². The maximum absolute atomic E-state index is 13.3. The van der Waals surface area contributed by atoms with E-state index >= 15 is 0 Å². The number of carbonyl (C=O) groups is 2. The molecule has 158 valence electrons. The summed E-state index contributed by atoms with van der Waals surface area (Å²) < 4.78 is 5.37. The number of nitrogens with zero attached hydrogens (tertiary/aromatic N) is 1. The van der Waals surface area contributed by atoms with Gasteiger partial charge < -0.3 is 14.6 Å². The molecule has 1 fully saturated rings. The standard InChI is InChI=1S/C26H26N2O3/c29-25(22-10-5-2-6-11-22)27-24(19-23-12-7-17-31-23)26(30)28-15-13-21(14-16-28)18-20-8-3-1-4-9-20/h1-12,17,19,21H,13-16,18H2,(H,27,29). The summed E-state index contributed by atoms with van der Waals surface area (Å²) in [5.41, 5.74) is 2.06. The highest BCUT2D eigenvalue weighted by atomic mass is 16.3. The molecule has 1 aliphatic rings. The third-order valence-corrected chi connectivity index (χ3v) is 5.61. The third-order valence-electron chi connectivity index (χ3n) is 5.61. The van der Waals surface area contributed by atoms with E-state index in [9.17, 15) is 9.59 Å². The van der Waals surface area contributed by atoms with Crippen molar-refractivity contribution in [2.24, 2.45) is 5.92 Å². The minimum absolute atomic E-state index is 0.182. The molecule has 31 heavy (non-hydrogen) atoms. The monoisotopic (exact) mass is 414 g/mol. The van der Waals surface area contributed by atoms with Crippen LogP contribution in [0.1, 0.15) is 34.5 Å². The first kappa shape index (κ1) is 20.7. The van der Waals surface area contributed by atoms with E-state index in [2.05, 4.69) is 29.6 Å². The Morgan fingerprint density at radius 3 is 2.26 bits per heavy atom. The Labute approximate surface area is 182 Å². The molecule has 0 aliphatic carbocycles. The number of likely N-dealkylation sites (tertiary alicyclic amines) is 1. The molecule has 2 aromatic carbocycles. The van der Waals surface area contributed by atoms with Crippen LogP contribution in [0.15, 0.2) is 89.2 Å². The quantitative estimate of drug-likeness (QED) is 0.603. The van der Waals surface area contributed by atoms with Crippen LogP contribution in [-0.4, -0.2) is 29.8 Å². The van der Waals surface area contributed by atoms with Gasteiger partial charge in [0, 0.05) is 24.7 Å². The van der Waals surface area contributed by atoms with Gasteiger partial charge in [-0.15, -0.1) is 0 Å². The van der Waals surface area contributed by atoms with Crippen molar-refractivity contribution in [1.82, 2.24) is 10.2 Å². The highest BCUT2D eigenvalue weighted by molar-refractivity contribution is 6.05. The van der Waals surface area contributed by atoms with Crippen LogP contribution in [0.4, 0.5) is 0 Å². The molecule has 5 heteroatoms. The maximum atomic E-state index is 13.3. The SMILES string of the molecule is O=C(NC(=Cc1ccco1)C(=O)N1CCC(Cc2ccccc2)CC1)c1ccccc1. The zero-order chi connectivity index (χ0) is 21.5. The Morgan fingerprint density at radius 1 is 0.935 bits per heavy atom. The largest absolute Gasteiger partial charge is 0.465 e. The molecule has 3 aromatic rings. The molecule has 4 rings (SSSR count). The molecule has 1 saturated heterocycles. The summed E-state index contributed by atoms with van der Waals surface area (Å²) in [4.78, 5) is 27.8. The highest BCUT2D eigenvalue weighted by Crippen LogP contribution is 2.23. The Balaban J connectivity index is 1.43. The molecule has 1 N–H and O–H groups in total. The number of carbonyl (C=O) groups excluding carboxylic acids is 2. The predicted molar refractivity (Wildman–Crippen MR) is 120 cm³/mol. The number of nitrogens with one attached hydrogen (secondary N) is 1. The van der Waals surface area contributed by atoms with Crippen LogP contribution in [0.3, 0.4) is 0 Å². The first-order chi connectivity index (χ1) is 15.2. The van der Waals surface area contributed by atoms with Crippen molar-refractivity contribution in [3.8, 4) is 0 Å². The lowest BCUT2D eigenvalue weighted by Crippen LogP contribution is -2.43. The number of hydrogen-bond acceptors (Lipinski definition) is 3. The maximum Gasteiger partial charge on any atom is 0.270 e. The van der Waals surface area contributed by atoms with Crippen molar-refractivity contribution in [3.63, 3.8) is 0 Å². The molecule has 0 spiro atoms. The van der Waals surface area contributed by atoms with Crippen molar-refractivity contribution >= 4 is 17.9 Å². The summed E-state index contributed by atoms with van der Waals surface area (Å²) in [6.07, 6.45) is 6.06. The molecular weight excluding hydrogens is 388 g/mol. The average molecular weight is 415 g/mol. The number of piperidine rings is 1. The topological polar surface area (TPSA) is 62.6 Å².